The van der Waals surface area contributed by atoms with E-state index in [1.807, 2.05) is 12.1 Å². The largest absolute Gasteiger partial charge is 0.382 e. The van der Waals surface area contributed by atoms with Gasteiger partial charge in [-0.1, -0.05) is 0 Å². The van der Waals surface area contributed by atoms with Gasteiger partial charge in [-0.05, 0) is 23.8 Å². The Morgan fingerprint density at radius 2 is 1.84 bits per heavy atom. The van der Waals surface area contributed by atoms with Crippen molar-refractivity contribution in [3.05, 3.63) is 53.2 Å². The van der Waals surface area contributed by atoms with Crippen LogP contribution in [0, 0.1) is 0 Å². The van der Waals surface area contributed by atoms with E-state index in [1.165, 1.54) is 6.07 Å². The fraction of sp³-hybridized carbons (Fsp3) is 0. The van der Waals surface area contributed by atoms with Crippen LogP contribution in [0.4, 0.5) is 5.82 Å². The number of pyridine rings is 2. The lowest BCUT2D eigenvalue weighted by atomic mass is 10.0. The Morgan fingerprint density at radius 1 is 1.05 bits per heavy atom. The summed E-state index contributed by atoms with van der Waals surface area (Å²) in [6.07, 6.45) is 5.01. The molecule has 3 aromatic rings. The van der Waals surface area contributed by atoms with Crippen molar-refractivity contribution >= 4 is 5.82 Å². The molecule has 0 saturated heterocycles. The molecule has 0 saturated carbocycles. The van der Waals surface area contributed by atoms with E-state index in [1.54, 1.807) is 24.7 Å². The molecular weight excluding hydrogens is 242 g/mol. The predicted molar refractivity (Wildman–Crippen MR) is 72.3 cm³/mol. The Morgan fingerprint density at radius 3 is 2.53 bits per heavy atom. The number of nitrogens with one attached hydrogen (secondary N) is 2. The second kappa shape index (κ2) is 4.41. The van der Waals surface area contributed by atoms with Crippen LogP contribution in [0.25, 0.3) is 22.4 Å². The number of aromatic amines is 2. The zero-order valence-electron chi connectivity index (χ0n) is 9.92. The number of nitrogen functional groups attached to an aromatic ring is 1. The lowest BCUT2D eigenvalue weighted by Gasteiger charge is -2.03. The molecule has 0 radical (unpaired) electrons. The highest BCUT2D eigenvalue weighted by atomic mass is 16.1. The molecule has 0 amide bonds. The molecule has 3 rings (SSSR count). The molecule has 3 heterocycles. The monoisotopic (exact) mass is 253 g/mol. The highest BCUT2D eigenvalue weighted by Crippen LogP contribution is 2.33. The maximum absolute atomic E-state index is 11.1. The van der Waals surface area contributed by atoms with Gasteiger partial charge in [0.25, 0.3) is 0 Å². The standard InChI is InChI=1S/C13H11N5O/c14-13-11(8-3-5-15-6-4-8)12(17-18-13)9-1-2-10(19)16-7-9/h1-7H,(H,16,19)(H3,14,17,18). The van der Waals surface area contributed by atoms with E-state index in [0.717, 1.165) is 22.4 Å². The number of rotatable bonds is 2. The molecular formula is C13H11N5O. The van der Waals surface area contributed by atoms with Crippen molar-refractivity contribution in [2.75, 3.05) is 5.73 Å². The third-order valence-electron chi connectivity index (χ3n) is 2.84. The second-order valence-corrected chi connectivity index (χ2v) is 4.04. The molecule has 0 spiro atoms. The summed E-state index contributed by atoms with van der Waals surface area (Å²) in [5.74, 6) is 0.410. The minimum absolute atomic E-state index is 0.151. The van der Waals surface area contributed by atoms with Crippen LogP contribution in [-0.2, 0) is 0 Å². The van der Waals surface area contributed by atoms with Crippen LogP contribution in [0.15, 0.2) is 47.7 Å². The first-order valence-corrected chi connectivity index (χ1v) is 5.69. The minimum Gasteiger partial charge on any atom is -0.382 e. The topological polar surface area (TPSA) is 100 Å². The lowest BCUT2D eigenvalue weighted by molar-refractivity contribution is 1.10. The number of hydrogen-bond donors (Lipinski definition) is 3. The van der Waals surface area contributed by atoms with Crippen molar-refractivity contribution in [3.8, 4) is 22.4 Å². The third-order valence-corrected chi connectivity index (χ3v) is 2.84. The maximum Gasteiger partial charge on any atom is 0.247 e. The molecule has 0 aliphatic heterocycles. The van der Waals surface area contributed by atoms with Gasteiger partial charge in [0.05, 0.1) is 11.3 Å². The number of nitrogens with two attached hydrogens (primary N) is 1. The average Bonchev–Trinajstić information content (AvgIpc) is 2.82. The molecule has 3 aromatic heterocycles. The van der Waals surface area contributed by atoms with Gasteiger partial charge in [0.15, 0.2) is 5.82 Å². The van der Waals surface area contributed by atoms with E-state index in [-0.39, 0.29) is 5.56 Å². The SMILES string of the molecule is Nc1n[nH]c(-c2ccc(=O)[nH]c2)c1-c1ccncc1. The van der Waals surface area contributed by atoms with Crippen LogP contribution < -0.4 is 11.3 Å². The fourth-order valence-electron chi connectivity index (χ4n) is 1.94. The van der Waals surface area contributed by atoms with Gasteiger partial charge in [-0.2, -0.15) is 5.10 Å². The summed E-state index contributed by atoms with van der Waals surface area (Å²) >= 11 is 0. The van der Waals surface area contributed by atoms with E-state index >= 15 is 0 Å². The van der Waals surface area contributed by atoms with Gasteiger partial charge >= 0.3 is 0 Å². The molecule has 0 bridgehead atoms. The molecule has 0 aliphatic carbocycles. The normalized spacial score (nSPS) is 10.5. The molecule has 6 heteroatoms. The average molecular weight is 253 g/mol. The van der Waals surface area contributed by atoms with Crippen molar-refractivity contribution in [2.45, 2.75) is 0 Å². The van der Waals surface area contributed by atoms with Crippen molar-refractivity contribution in [2.24, 2.45) is 0 Å². The van der Waals surface area contributed by atoms with Crippen LogP contribution in [0.3, 0.4) is 0 Å². The molecule has 6 nitrogen and oxygen atoms in total. The van der Waals surface area contributed by atoms with E-state index in [4.69, 9.17) is 5.73 Å². The summed E-state index contributed by atoms with van der Waals surface area (Å²) in [6.45, 7) is 0. The second-order valence-electron chi connectivity index (χ2n) is 4.04. The summed E-state index contributed by atoms with van der Waals surface area (Å²) in [7, 11) is 0. The summed E-state index contributed by atoms with van der Waals surface area (Å²) in [6, 6.07) is 6.89. The maximum atomic E-state index is 11.1. The van der Waals surface area contributed by atoms with Crippen molar-refractivity contribution in [1.82, 2.24) is 20.2 Å². The van der Waals surface area contributed by atoms with Gasteiger partial charge in [0.2, 0.25) is 5.56 Å². The fourth-order valence-corrected chi connectivity index (χ4v) is 1.94. The number of aromatic nitrogens is 4. The van der Waals surface area contributed by atoms with Crippen molar-refractivity contribution < 1.29 is 0 Å². The summed E-state index contributed by atoms with van der Waals surface area (Å²) in [4.78, 5) is 17.7. The number of hydrogen-bond acceptors (Lipinski definition) is 4. The molecule has 0 atom stereocenters. The molecule has 19 heavy (non-hydrogen) atoms. The van der Waals surface area contributed by atoms with Crippen LogP contribution >= 0.6 is 0 Å². The molecule has 94 valence electrons. The first-order valence-electron chi connectivity index (χ1n) is 5.69. The Labute approximate surface area is 108 Å². The summed E-state index contributed by atoms with van der Waals surface area (Å²) in [5.41, 5.74) is 9.05. The Hall–Kier alpha value is -2.89. The van der Waals surface area contributed by atoms with Gasteiger partial charge in [-0.3, -0.25) is 14.9 Å². The first kappa shape index (κ1) is 11.2. The Bertz CT molecular complexity index is 740. The zero-order chi connectivity index (χ0) is 13.2. The minimum atomic E-state index is -0.151. The van der Waals surface area contributed by atoms with Gasteiger partial charge in [0, 0.05) is 30.2 Å². The van der Waals surface area contributed by atoms with Gasteiger partial charge < -0.3 is 10.7 Å². The first-order chi connectivity index (χ1) is 9.25. The number of anilines is 1. The van der Waals surface area contributed by atoms with Crippen LogP contribution in [-0.4, -0.2) is 20.2 Å². The van der Waals surface area contributed by atoms with Crippen molar-refractivity contribution in [1.29, 1.82) is 0 Å². The highest BCUT2D eigenvalue weighted by Gasteiger charge is 2.14. The Balaban J connectivity index is 2.19. The van der Waals surface area contributed by atoms with E-state index in [9.17, 15) is 4.79 Å². The van der Waals surface area contributed by atoms with Crippen LogP contribution in [0.5, 0.6) is 0 Å². The van der Waals surface area contributed by atoms with E-state index < -0.39 is 0 Å². The number of H-pyrrole nitrogens is 2. The van der Waals surface area contributed by atoms with E-state index in [0.29, 0.717) is 5.82 Å². The van der Waals surface area contributed by atoms with Crippen molar-refractivity contribution in [3.63, 3.8) is 0 Å². The summed E-state index contributed by atoms with van der Waals surface area (Å²) in [5, 5.41) is 6.92. The van der Waals surface area contributed by atoms with E-state index in [2.05, 4.69) is 20.2 Å². The molecule has 0 unspecified atom stereocenters. The Kier molecular flexibility index (Phi) is 2.60. The zero-order valence-corrected chi connectivity index (χ0v) is 9.92. The number of nitrogens with zero attached hydrogens (tertiary/aromatic N) is 2. The lowest BCUT2D eigenvalue weighted by Crippen LogP contribution is -2.01. The quantitative estimate of drug-likeness (QED) is 0.642. The van der Waals surface area contributed by atoms with Crippen LogP contribution in [0.1, 0.15) is 0 Å². The molecule has 0 fully saturated rings. The molecule has 0 aromatic carbocycles. The molecule has 0 aliphatic rings. The van der Waals surface area contributed by atoms with Gasteiger partial charge in [0.1, 0.15) is 0 Å². The third kappa shape index (κ3) is 1.99. The predicted octanol–water partition coefficient (Wildman–Crippen LogP) is 1.41. The molecule has 4 N–H and O–H groups in total. The highest BCUT2D eigenvalue weighted by molar-refractivity contribution is 5.87. The van der Waals surface area contributed by atoms with Gasteiger partial charge in [-0.25, -0.2) is 0 Å². The van der Waals surface area contributed by atoms with Gasteiger partial charge in [-0.15, -0.1) is 0 Å². The smallest absolute Gasteiger partial charge is 0.247 e. The van der Waals surface area contributed by atoms with Crippen LogP contribution in [0.2, 0.25) is 0 Å². The summed E-state index contributed by atoms with van der Waals surface area (Å²) < 4.78 is 0.